The van der Waals surface area contributed by atoms with E-state index < -0.39 is 10.0 Å². The van der Waals surface area contributed by atoms with Crippen molar-refractivity contribution in [3.8, 4) is 0 Å². The van der Waals surface area contributed by atoms with Crippen molar-refractivity contribution < 1.29 is 18.0 Å². The molecule has 2 fully saturated rings. The lowest BCUT2D eigenvalue weighted by Crippen LogP contribution is -2.48. The highest BCUT2D eigenvalue weighted by Crippen LogP contribution is 2.36. The molecular formula is C25H29N3O4S. The first-order valence-corrected chi connectivity index (χ1v) is 13.1. The summed E-state index contributed by atoms with van der Waals surface area (Å²) in [6, 6.07) is 12.7. The van der Waals surface area contributed by atoms with E-state index in [1.165, 1.54) is 0 Å². The smallest absolute Gasteiger partial charge is 0.243 e. The maximum absolute atomic E-state index is 13.3. The van der Waals surface area contributed by atoms with Crippen LogP contribution in [-0.2, 0) is 21.2 Å². The number of hydrogen-bond acceptors (Lipinski definition) is 5. The Balaban J connectivity index is 1.27. The molecule has 1 saturated carbocycles. The van der Waals surface area contributed by atoms with E-state index in [9.17, 15) is 18.0 Å². The van der Waals surface area contributed by atoms with Crippen LogP contribution in [0.4, 0.5) is 11.4 Å². The second-order valence-electron chi connectivity index (χ2n) is 9.15. The number of rotatable bonds is 5. The van der Waals surface area contributed by atoms with Crippen molar-refractivity contribution in [1.82, 2.24) is 4.31 Å². The third-order valence-corrected chi connectivity index (χ3v) is 9.08. The topological polar surface area (TPSA) is 78.0 Å². The first kappa shape index (κ1) is 22.1. The van der Waals surface area contributed by atoms with Gasteiger partial charge in [-0.15, -0.1) is 0 Å². The van der Waals surface area contributed by atoms with Gasteiger partial charge in [-0.2, -0.15) is 4.31 Å². The fraction of sp³-hybridized carbons (Fsp3) is 0.440. The molecule has 0 bridgehead atoms. The quantitative estimate of drug-likeness (QED) is 0.632. The first-order chi connectivity index (χ1) is 15.8. The number of Topliss-reactive ketones (excluding diaryl/α,β-unsaturated/α-hetero) is 1. The van der Waals surface area contributed by atoms with E-state index in [-0.39, 0.29) is 17.6 Å². The van der Waals surface area contributed by atoms with Crippen molar-refractivity contribution in [3.05, 3.63) is 53.6 Å². The Morgan fingerprint density at radius 2 is 1.61 bits per heavy atom. The number of fused-ring (bicyclic) bond motifs is 1. The molecule has 1 aliphatic carbocycles. The highest BCUT2D eigenvalue weighted by atomic mass is 32.2. The fourth-order valence-electron chi connectivity index (χ4n) is 4.89. The Morgan fingerprint density at radius 1 is 0.909 bits per heavy atom. The Labute approximate surface area is 195 Å². The van der Waals surface area contributed by atoms with Gasteiger partial charge in [-0.05, 0) is 74.2 Å². The molecule has 5 rings (SSSR count). The molecule has 1 saturated heterocycles. The number of hydrogen-bond donors (Lipinski definition) is 0. The fourth-order valence-corrected chi connectivity index (χ4v) is 6.36. The predicted molar refractivity (Wildman–Crippen MR) is 127 cm³/mol. The zero-order chi connectivity index (χ0) is 23.2. The van der Waals surface area contributed by atoms with Crippen molar-refractivity contribution in [2.75, 3.05) is 42.5 Å². The number of anilines is 2. The van der Waals surface area contributed by atoms with E-state index >= 15 is 0 Å². The van der Waals surface area contributed by atoms with Crippen LogP contribution in [0, 0.1) is 5.92 Å². The zero-order valence-corrected chi connectivity index (χ0v) is 19.7. The van der Waals surface area contributed by atoms with Crippen LogP contribution in [0.5, 0.6) is 0 Å². The number of ketones is 1. The molecular weight excluding hydrogens is 438 g/mol. The summed E-state index contributed by atoms with van der Waals surface area (Å²) >= 11 is 0. The summed E-state index contributed by atoms with van der Waals surface area (Å²) in [6.07, 6.45) is 3.74. The van der Waals surface area contributed by atoms with Gasteiger partial charge in [0.2, 0.25) is 15.9 Å². The molecule has 7 nitrogen and oxygen atoms in total. The lowest BCUT2D eigenvalue weighted by atomic mass is 9.84. The van der Waals surface area contributed by atoms with Crippen LogP contribution in [0.1, 0.15) is 42.1 Å². The Morgan fingerprint density at radius 3 is 2.21 bits per heavy atom. The van der Waals surface area contributed by atoms with Gasteiger partial charge in [0, 0.05) is 55.6 Å². The molecule has 2 aliphatic heterocycles. The average molecular weight is 468 g/mol. The summed E-state index contributed by atoms with van der Waals surface area (Å²) in [6.45, 7) is 4.16. The van der Waals surface area contributed by atoms with E-state index in [2.05, 4.69) is 4.90 Å². The van der Waals surface area contributed by atoms with Gasteiger partial charge in [0.15, 0.2) is 5.78 Å². The largest absolute Gasteiger partial charge is 0.369 e. The highest BCUT2D eigenvalue weighted by molar-refractivity contribution is 7.89. The van der Waals surface area contributed by atoms with E-state index in [0.29, 0.717) is 49.6 Å². The van der Waals surface area contributed by atoms with E-state index in [1.54, 1.807) is 29.4 Å². The van der Waals surface area contributed by atoms with Crippen LogP contribution < -0.4 is 9.80 Å². The Kier molecular flexibility index (Phi) is 5.74. The predicted octanol–water partition coefficient (Wildman–Crippen LogP) is 3.09. The third kappa shape index (κ3) is 4.06. The molecule has 0 spiro atoms. The molecule has 1 amide bonds. The molecule has 33 heavy (non-hydrogen) atoms. The van der Waals surface area contributed by atoms with Crippen molar-refractivity contribution in [2.45, 2.75) is 37.5 Å². The molecule has 2 aromatic rings. The normalized spacial score (nSPS) is 19.3. The van der Waals surface area contributed by atoms with Crippen LogP contribution >= 0.6 is 0 Å². The molecule has 3 aliphatic rings. The van der Waals surface area contributed by atoms with Crippen LogP contribution in [0.3, 0.4) is 0 Å². The summed E-state index contributed by atoms with van der Waals surface area (Å²) in [4.78, 5) is 28.5. The molecule has 0 radical (unpaired) electrons. The lowest BCUT2D eigenvalue weighted by molar-refractivity contribution is -0.124. The monoisotopic (exact) mass is 467 g/mol. The number of amides is 1. The van der Waals surface area contributed by atoms with Crippen LogP contribution in [0.25, 0.3) is 0 Å². The van der Waals surface area contributed by atoms with Crippen molar-refractivity contribution in [2.24, 2.45) is 5.92 Å². The second kappa shape index (κ2) is 8.57. The van der Waals surface area contributed by atoms with E-state index in [4.69, 9.17) is 0 Å². The van der Waals surface area contributed by atoms with E-state index in [1.807, 2.05) is 29.2 Å². The van der Waals surface area contributed by atoms with Gasteiger partial charge in [-0.1, -0.05) is 6.42 Å². The summed E-state index contributed by atoms with van der Waals surface area (Å²) < 4.78 is 28.2. The molecule has 8 heteroatoms. The van der Waals surface area contributed by atoms with Crippen molar-refractivity contribution >= 4 is 33.1 Å². The minimum atomic E-state index is -3.60. The summed E-state index contributed by atoms with van der Waals surface area (Å²) in [7, 11) is -3.60. The van der Waals surface area contributed by atoms with Crippen molar-refractivity contribution in [1.29, 1.82) is 0 Å². The molecule has 0 atom stereocenters. The SMILES string of the molecule is CC(=O)c1ccc(N2CCN(S(=O)(=O)c3ccc4c(c3)CCN4C(=O)C3CCC3)CC2)cc1. The van der Waals surface area contributed by atoms with Gasteiger partial charge in [0.1, 0.15) is 0 Å². The van der Waals surface area contributed by atoms with Crippen LogP contribution in [0.2, 0.25) is 0 Å². The number of piperazine rings is 1. The summed E-state index contributed by atoms with van der Waals surface area (Å²) in [5.74, 6) is 0.347. The van der Waals surface area contributed by atoms with Gasteiger partial charge in [0.05, 0.1) is 4.90 Å². The number of carbonyl (C=O) groups is 2. The minimum Gasteiger partial charge on any atom is -0.369 e. The molecule has 0 N–H and O–H groups in total. The molecule has 0 unspecified atom stereocenters. The number of benzene rings is 2. The molecule has 2 heterocycles. The minimum absolute atomic E-state index is 0.0299. The van der Waals surface area contributed by atoms with Gasteiger partial charge in [-0.25, -0.2) is 8.42 Å². The van der Waals surface area contributed by atoms with Crippen LogP contribution in [0.15, 0.2) is 47.4 Å². The average Bonchev–Trinajstić information content (AvgIpc) is 3.21. The zero-order valence-electron chi connectivity index (χ0n) is 18.9. The van der Waals surface area contributed by atoms with Gasteiger partial charge in [0.25, 0.3) is 0 Å². The van der Waals surface area contributed by atoms with Gasteiger partial charge >= 0.3 is 0 Å². The molecule has 0 aromatic heterocycles. The summed E-state index contributed by atoms with van der Waals surface area (Å²) in [5.41, 5.74) is 3.47. The summed E-state index contributed by atoms with van der Waals surface area (Å²) in [5, 5.41) is 0. The maximum Gasteiger partial charge on any atom is 0.243 e. The lowest BCUT2D eigenvalue weighted by Gasteiger charge is -2.35. The van der Waals surface area contributed by atoms with Gasteiger partial charge in [-0.3, -0.25) is 9.59 Å². The molecule has 174 valence electrons. The van der Waals surface area contributed by atoms with Gasteiger partial charge < -0.3 is 9.80 Å². The molecule has 2 aromatic carbocycles. The first-order valence-electron chi connectivity index (χ1n) is 11.6. The third-order valence-electron chi connectivity index (χ3n) is 7.18. The maximum atomic E-state index is 13.3. The van der Waals surface area contributed by atoms with Crippen molar-refractivity contribution in [3.63, 3.8) is 0 Å². The Hall–Kier alpha value is -2.71. The number of nitrogens with zero attached hydrogens (tertiary/aromatic N) is 3. The van der Waals surface area contributed by atoms with E-state index in [0.717, 1.165) is 36.2 Å². The Bertz CT molecular complexity index is 1180. The van der Waals surface area contributed by atoms with Crippen LogP contribution in [-0.4, -0.2) is 57.1 Å². The second-order valence-corrected chi connectivity index (χ2v) is 11.1. The number of carbonyl (C=O) groups excluding carboxylic acids is 2. The standard InChI is InChI=1S/C25H29N3O4S/c1-18(29)19-5-7-22(8-6-19)26-13-15-27(16-14-26)33(31,32)23-9-10-24-21(17-23)11-12-28(24)25(30)20-3-2-4-20/h5-10,17,20H,2-4,11-16H2,1H3. The highest BCUT2D eigenvalue weighted by Gasteiger charge is 2.35. The number of sulfonamides is 1.